The van der Waals surface area contributed by atoms with Gasteiger partial charge >= 0.3 is 0 Å². The molecule has 0 aliphatic heterocycles. The smallest absolute Gasteiger partial charge is 0.215 e. The molecule has 1 saturated carbocycles. The molecule has 0 bridgehead atoms. The van der Waals surface area contributed by atoms with Crippen LogP contribution in [-0.2, 0) is 15.8 Å². The number of anilines is 1. The van der Waals surface area contributed by atoms with E-state index in [0.717, 1.165) is 0 Å². The Bertz CT molecular complexity index is 555. The molecule has 5 nitrogen and oxygen atoms in total. The maximum absolute atomic E-state index is 12.1. The van der Waals surface area contributed by atoms with Gasteiger partial charge in [0.05, 0.1) is 5.75 Å². The summed E-state index contributed by atoms with van der Waals surface area (Å²) in [5, 5.41) is 0. The van der Waals surface area contributed by atoms with E-state index in [1.165, 1.54) is 12.8 Å². The number of nitrogens with zero attached hydrogens (tertiary/aromatic N) is 1. The molecule has 0 spiro atoms. The van der Waals surface area contributed by atoms with Crippen molar-refractivity contribution in [3.8, 4) is 0 Å². The van der Waals surface area contributed by atoms with Crippen LogP contribution >= 0.6 is 0 Å². The number of likely N-dealkylation sites (N-methyl/N-ethyl adjacent to an activating group) is 1. The third-order valence-electron chi connectivity index (χ3n) is 3.72. The van der Waals surface area contributed by atoms with Crippen LogP contribution in [-0.4, -0.2) is 39.0 Å². The monoisotopic (exact) mass is 297 g/mol. The zero-order valence-electron chi connectivity index (χ0n) is 12.0. The molecule has 6 heteroatoms. The van der Waals surface area contributed by atoms with Crippen molar-refractivity contribution in [1.82, 2.24) is 9.62 Å². The first-order chi connectivity index (χ1) is 9.37. The van der Waals surface area contributed by atoms with Crippen LogP contribution in [0.2, 0.25) is 0 Å². The summed E-state index contributed by atoms with van der Waals surface area (Å²) in [4.78, 5) is 2.24. The van der Waals surface area contributed by atoms with Gasteiger partial charge in [0.1, 0.15) is 0 Å². The summed E-state index contributed by atoms with van der Waals surface area (Å²) in [6, 6.07) is 7.82. The van der Waals surface area contributed by atoms with Crippen molar-refractivity contribution in [3.05, 3.63) is 29.8 Å². The van der Waals surface area contributed by atoms with E-state index >= 15 is 0 Å². The van der Waals surface area contributed by atoms with Crippen LogP contribution in [0.4, 0.5) is 5.69 Å². The second-order valence-corrected chi connectivity index (χ2v) is 7.41. The van der Waals surface area contributed by atoms with E-state index in [9.17, 15) is 8.42 Å². The minimum atomic E-state index is -3.32. The Morgan fingerprint density at radius 3 is 2.75 bits per heavy atom. The Morgan fingerprint density at radius 2 is 2.15 bits per heavy atom. The fourth-order valence-corrected chi connectivity index (χ4v) is 3.40. The minimum absolute atomic E-state index is 0.0299. The second-order valence-electron chi connectivity index (χ2n) is 5.60. The maximum Gasteiger partial charge on any atom is 0.215 e. The van der Waals surface area contributed by atoms with Gasteiger partial charge in [0, 0.05) is 24.3 Å². The van der Waals surface area contributed by atoms with E-state index in [0.29, 0.717) is 23.8 Å². The van der Waals surface area contributed by atoms with Crippen molar-refractivity contribution >= 4 is 15.7 Å². The number of sulfonamides is 1. The van der Waals surface area contributed by atoms with E-state index in [4.69, 9.17) is 5.73 Å². The van der Waals surface area contributed by atoms with Crippen molar-refractivity contribution < 1.29 is 8.42 Å². The van der Waals surface area contributed by atoms with Gasteiger partial charge in [-0.05, 0) is 44.5 Å². The molecule has 0 saturated heterocycles. The first-order valence-corrected chi connectivity index (χ1v) is 8.56. The molecular weight excluding hydrogens is 274 g/mol. The standard InChI is InChI=1S/C14H23N3O2S/c1-11(17(2)14-6-7-14)9-16-20(18,19)10-12-4-3-5-13(15)8-12/h3-5,8,11,14,16H,6-7,9-10,15H2,1-2H3. The zero-order chi connectivity index (χ0) is 14.8. The molecule has 0 radical (unpaired) electrons. The zero-order valence-corrected chi connectivity index (χ0v) is 12.9. The first kappa shape index (κ1) is 15.3. The van der Waals surface area contributed by atoms with Gasteiger partial charge in [-0.3, -0.25) is 4.90 Å². The fourth-order valence-electron chi connectivity index (χ4n) is 2.19. The number of nitrogen functional groups attached to an aromatic ring is 1. The lowest BCUT2D eigenvalue weighted by atomic mass is 10.2. The van der Waals surface area contributed by atoms with Gasteiger partial charge in [-0.2, -0.15) is 0 Å². The van der Waals surface area contributed by atoms with Crippen molar-refractivity contribution in [2.24, 2.45) is 0 Å². The highest BCUT2D eigenvalue weighted by Crippen LogP contribution is 2.26. The quantitative estimate of drug-likeness (QED) is 0.741. The average molecular weight is 297 g/mol. The van der Waals surface area contributed by atoms with E-state index in [2.05, 4.69) is 16.7 Å². The van der Waals surface area contributed by atoms with E-state index in [-0.39, 0.29) is 11.8 Å². The van der Waals surface area contributed by atoms with Gasteiger partial charge in [-0.1, -0.05) is 12.1 Å². The van der Waals surface area contributed by atoms with Crippen LogP contribution in [0, 0.1) is 0 Å². The highest BCUT2D eigenvalue weighted by Gasteiger charge is 2.29. The Kier molecular flexibility index (Phi) is 4.67. The van der Waals surface area contributed by atoms with E-state index in [1.54, 1.807) is 24.3 Å². The number of hydrogen-bond donors (Lipinski definition) is 2. The third kappa shape index (κ3) is 4.47. The normalized spacial score (nSPS) is 17.4. The minimum Gasteiger partial charge on any atom is -0.399 e. The van der Waals surface area contributed by atoms with Crippen LogP contribution in [0.3, 0.4) is 0 Å². The third-order valence-corrected chi connectivity index (χ3v) is 5.04. The lowest BCUT2D eigenvalue weighted by Gasteiger charge is -2.24. The summed E-state index contributed by atoms with van der Waals surface area (Å²) >= 11 is 0. The summed E-state index contributed by atoms with van der Waals surface area (Å²) < 4.78 is 26.8. The SMILES string of the molecule is CC(CNS(=O)(=O)Cc1cccc(N)c1)N(C)C1CC1. The molecule has 0 amide bonds. The Morgan fingerprint density at radius 1 is 1.45 bits per heavy atom. The fraction of sp³-hybridized carbons (Fsp3) is 0.571. The van der Waals surface area contributed by atoms with Crippen LogP contribution in [0.5, 0.6) is 0 Å². The van der Waals surface area contributed by atoms with Crippen molar-refractivity contribution in [3.63, 3.8) is 0 Å². The molecule has 0 aromatic heterocycles. The largest absolute Gasteiger partial charge is 0.399 e. The highest BCUT2D eigenvalue weighted by molar-refractivity contribution is 7.88. The maximum atomic E-state index is 12.1. The Labute approximate surface area is 121 Å². The van der Waals surface area contributed by atoms with Gasteiger partial charge in [-0.15, -0.1) is 0 Å². The summed E-state index contributed by atoms with van der Waals surface area (Å²) in [7, 11) is -1.27. The molecule has 1 fully saturated rings. The predicted octanol–water partition coefficient (Wildman–Crippen LogP) is 1.17. The number of rotatable bonds is 7. The van der Waals surface area contributed by atoms with Gasteiger partial charge in [0.25, 0.3) is 0 Å². The molecule has 1 unspecified atom stereocenters. The van der Waals surface area contributed by atoms with E-state index < -0.39 is 10.0 Å². The van der Waals surface area contributed by atoms with Crippen molar-refractivity contribution in [2.75, 3.05) is 19.3 Å². The molecule has 1 aromatic rings. The molecule has 2 rings (SSSR count). The van der Waals surface area contributed by atoms with Crippen LogP contribution in [0.15, 0.2) is 24.3 Å². The number of benzene rings is 1. The number of hydrogen-bond acceptors (Lipinski definition) is 4. The Hall–Kier alpha value is -1.11. The molecule has 3 N–H and O–H groups in total. The molecule has 1 atom stereocenters. The van der Waals surface area contributed by atoms with Gasteiger partial charge < -0.3 is 5.73 Å². The molecule has 1 aliphatic rings. The van der Waals surface area contributed by atoms with Crippen LogP contribution < -0.4 is 10.5 Å². The second kappa shape index (κ2) is 6.11. The molecule has 20 heavy (non-hydrogen) atoms. The lowest BCUT2D eigenvalue weighted by Crippen LogP contribution is -2.41. The molecule has 1 aliphatic carbocycles. The summed E-state index contributed by atoms with van der Waals surface area (Å²) in [5.41, 5.74) is 6.95. The van der Waals surface area contributed by atoms with Gasteiger partial charge in [0.2, 0.25) is 10.0 Å². The molecule has 0 heterocycles. The summed E-state index contributed by atoms with van der Waals surface area (Å²) in [6.45, 7) is 2.49. The van der Waals surface area contributed by atoms with Crippen molar-refractivity contribution in [1.29, 1.82) is 0 Å². The molecule has 1 aromatic carbocycles. The molecule has 112 valence electrons. The predicted molar refractivity (Wildman–Crippen MR) is 81.7 cm³/mol. The highest BCUT2D eigenvalue weighted by atomic mass is 32.2. The van der Waals surface area contributed by atoms with Gasteiger partial charge in [0.15, 0.2) is 0 Å². The molecular formula is C14H23N3O2S. The number of nitrogens with two attached hydrogens (primary N) is 1. The summed E-state index contributed by atoms with van der Waals surface area (Å²) in [6.07, 6.45) is 2.44. The van der Waals surface area contributed by atoms with Crippen molar-refractivity contribution in [2.45, 2.75) is 37.6 Å². The Balaban J connectivity index is 1.87. The number of nitrogens with one attached hydrogen (secondary N) is 1. The lowest BCUT2D eigenvalue weighted by molar-refractivity contribution is 0.248. The first-order valence-electron chi connectivity index (χ1n) is 6.91. The van der Waals surface area contributed by atoms with E-state index in [1.807, 2.05) is 6.92 Å². The summed E-state index contributed by atoms with van der Waals surface area (Å²) in [5.74, 6) is -0.0299. The van der Waals surface area contributed by atoms with Crippen LogP contribution in [0.1, 0.15) is 25.3 Å². The van der Waals surface area contributed by atoms with Gasteiger partial charge in [-0.25, -0.2) is 13.1 Å². The topological polar surface area (TPSA) is 75.4 Å². The average Bonchev–Trinajstić information content (AvgIpc) is 3.19. The van der Waals surface area contributed by atoms with Crippen LogP contribution in [0.25, 0.3) is 0 Å².